The topological polar surface area (TPSA) is 81.8 Å². The number of halogens is 1. The molecule has 0 saturated carbocycles. The van der Waals surface area contributed by atoms with E-state index in [0.29, 0.717) is 22.4 Å². The fourth-order valence-electron chi connectivity index (χ4n) is 1.45. The standard InChI is InChI=1S/C12H16BrNO4/c1-3-18-10-5-7(4-8(13)12(10)16)9(14)6-11(15)17-2/h4-5,9,16H,3,6,14H2,1-2H3/t9-/m0/s1. The summed E-state index contributed by atoms with van der Waals surface area (Å²) in [5.41, 5.74) is 6.59. The van der Waals surface area contributed by atoms with E-state index >= 15 is 0 Å². The molecule has 0 aliphatic heterocycles. The molecule has 1 aromatic carbocycles. The predicted molar refractivity (Wildman–Crippen MR) is 70.5 cm³/mol. The van der Waals surface area contributed by atoms with Crippen molar-refractivity contribution in [3.05, 3.63) is 22.2 Å². The highest BCUT2D eigenvalue weighted by Crippen LogP contribution is 2.37. The van der Waals surface area contributed by atoms with Crippen LogP contribution in [-0.4, -0.2) is 24.8 Å². The van der Waals surface area contributed by atoms with Gasteiger partial charge in [-0.15, -0.1) is 0 Å². The molecule has 1 atom stereocenters. The van der Waals surface area contributed by atoms with Crippen LogP contribution >= 0.6 is 15.9 Å². The number of methoxy groups -OCH3 is 1. The number of phenolic OH excluding ortho intramolecular Hbond substituents is 1. The number of benzene rings is 1. The van der Waals surface area contributed by atoms with Crippen LogP contribution in [0.25, 0.3) is 0 Å². The molecule has 1 aromatic rings. The molecule has 0 aliphatic carbocycles. The van der Waals surface area contributed by atoms with Crippen LogP contribution in [0.5, 0.6) is 11.5 Å². The number of nitrogens with two attached hydrogens (primary N) is 1. The highest BCUT2D eigenvalue weighted by molar-refractivity contribution is 9.10. The molecule has 0 saturated heterocycles. The van der Waals surface area contributed by atoms with Gasteiger partial charge in [0.1, 0.15) is 0 Å². The third kappa shape index (κ3) is 3.61. The summed E-state index contributed by atoms with van der Waals surface area (Å²) >= 11 is 3.22. The molecule has 3 N–H and O–H groups in total. The Morgan fingerprint density at radius 3 is 2.78 bits per heavy atom. The second kappa shape index (κ2) is 6.61. The fourth-order valence-corrected chi connectivity index (χ4v) is 1.91. The van der Waals surface area contributed by atoms with E-state index in [1.54, 1.807) is 12.1 Å². The number of aromatic hydroxyl groups is 1. The van der Waals surface area contributed by atoms with Crippen LogP contribution in [0.15, 0.2) is 16.6 Å². The van der Waals surface area contributed by atoms with Gasteiger partial charge in [-0.1, -0.05) is 0 Å². The lowest BCUT2D eigenvalue weighted by atomic mass is 10.0. The van der Waals surface area contributed by atoms with Crippen LogP contribution in [0.1, 0.15) is 24.9 Å². The van der Waals surface area contributed by atoms with Gasteiger partial charge in [-0.3, -0.25) is 4.79 Å². The number of carbonyl (C=O) groups excluding carboxylic acids is 1. The van der Waals surface area contributed by atoms with Crippen LogP contribution in [-0.2, 0) is 9.53 Å². The van der Waals surface area contributed by atoms with E-state index in [4.69, 9.17) is 10.5 Å². The Morgan fingerprint density at radius 2 is 2.22 bits per heavy atom. The van der Waals surface area contributed by atoms with Gasteiger partial charge in [0.2, 0.25) is 0 Å². The lowest BCUT2D eigenvalue weighted by molar-refractivity contribution is -0.141. The number of ether oxygens (including phenoxy) is 2. The highest BCUT2D eigenvalue weighted by Gasteiger charge is 2.16. The molecule has 100 valence electrons. The molecule has 0 fully saturated rings. The molecule has 5 nitrogen and oxygen atoms in total. The number of hydrogen-bond donors (Lipinski definition) is 2. The van der Waals surface area contributed by atoms with Crippen molar-refractivity contribution in [3.63, 3.8) is 0 Å². The van der Waals surface area contributed by atoms with E-state index in [0.717, 1.165) is 0 Å². The Hall–Kier alpha value is -1.27. The van der Waals surface area contributed by atoms with E-state index < -0.39 is 6.04 Å². The van der Waals surface area contributed by atoms with Crippen molar-refractivity contribution in [1.82, 2.24) is 0 Å². The van der Waals surface area contributed by atoms with Crippen molar-refractivity contribution >= 4 is 21.9 Å². The van der Waals surface area contributed by atoms with Gasteiger partial charge in [0.15, 0.2) is 11.5 Å². The number of hydrogen-bond acceptors (Lipinski definition) is 5. The summed E-state index contributed by atoms with van der Waals surface area (Å²) < 4.78 is 10.3. The van der Waals surface area contributed by atoms with Gasteiger partial charge in [-0.25, -0.2) is 0 Å². The Kier molecular flexibility index (Phi) is 5.43. The van der Waals surface area contributed by atoms with Crippen molar-refractivity contribution in [2.75, 3.05) is 13.7 Å². The summed E-state index contributed by atoms with van der Waals surface area (Å²) in [5.74, 6) is -0.0299. The summed E-state index contributed by atoms with van der Waals surface area (Å²) in [7, 11) is 1.31. The van der Waals surface area contributed by atoms with Crippen LogP contribution in [0.3, 0.4) is 0 Å². The lowest BCUT2D eigenvalue weighted by Gasteiger charge is -2.14. The zero-order valence-electron chi connectivity index (χ0n) is 10.3. The van der Waals surface area contributed by atoms with E-state index in [1.165, 1.54) is 7.11 Å². The van der Waals surface area contributed by atoms with Gasteiger partial charge >= 0.3 is 5.97 Å². The van der Waals surface area contributed by atoms with Crippen LogP contribution in [0.2, 0.25) is 0 Å². The van der Waals surface area contributed by atoms with E-state index in [2.05, 4.69) is 20.7 Å². The first-order valence-electron chi connectivity index (χ1n) is 5.47. The number of phenols is 1. The van der Waals surface area contributed by atoms with Crippen molar-refractivity contribution in [3.8, 4) is 11.5 Å². The molecular weight excluding hydrogens is 302 g/mol. The summed E-state index contributed by atoms with van der Waals surface area (Å²) in [6, 6.07) is 2.77. The molecule has 0 radical (unpaired) electrons. The summed E-state index contributed by atoms with van der Waals surface area (Å²) in [6.07, 6.45) is 0.0687. The second-order valence-electron chi connectivity index (χ2n) is 3.67. The predicted octanol–water partition coefficient (Wildman–Crippen LogP) is 2.12. The summed E-state index contributed by atoms with van der Waals surface area (Å²) in [6.45, 7) is 2.24. The number of carbonyl (C=O) groups is 1. The zero-order valence-corrected chi connectivity index (χ0v) is 11.9. The average Bonchev–Trinajstić information content (AvgIpc) is 2.34. The molecule has 6 heteroatoms. The van der Waals surface area contributed by atoms with Gasteiger partial charge < -0.3 is 20.3 Å². The monoisotopic (exact) mass is 317 g/mol. The van der Waals surface area contributed by atoms with Gasteiger partial charge in [0.05, 0.1) is 24.6 Å². The molecule has 0 bridgehead atoms. The van der Waals surface area contributed by atoms with Gasteiger partial charge in [-0.05, 0) is 40.5 Å². The highest BCUT2D eigenvalue weighted by atomic mass is 79.9. The SMILES string of the molecule is CCOc1cc([C@@H](N)CC(=O)OC)cc(Br)c1O. The van der Waals surface area contributed by atoms with Crippen molar-refractivity contribution in [2.45, 2.75) is 19.4 Å². The Balaban J connectivity index is 2.98. The molecule has 0 spiro atoms. The molecule has 0 amide bonds. The van der Waals surface area contributed by atoms with E-state index in [9.17, 15) is 9.90 Å². The first kappa shape index (κ1) is 14.8. The third-order valence-corrected chi connectivity index (χ3v) is 3.00. The second-order valence-corrected chi connectivity index (χ2v) is 4.52. The molecule has 0 unspecified atom stereocenters. The largest absolute Gasteiger partial charge is 0.503 e. The van der Waals surface area contributed by atoms with Gasteiger partial charge in [0, 0.05) is 6.04 Å². The first-order valence-corrected chi connectivity index (χ1v) is 6.26. The molecule has 0 aliphatic rings. The molecular formula is C12H16BrNO4. The minimum Gasteiger partial charge on any atom is -0.503 e. The quantitative estimate of drug-likeness (QED) is 0.813. The normalized spacial score (nSPS) is 12.0. The minimum atomic E-state index is -0.506. The lowest BCUT2D eigenvalue weighted by Crippen LogP contribution is -2.16. The van der Waals surface area contributed by atoms with Gasteiger partial charge in [-0.2, -0.15) is 0 Å². The smallest absolute Gasteiger partial charge is 0.307 e. The fraction of sp³-hybridized carbons (Fsp3) is 0.417. The third-order valence-electron chi connectivity index (χ3n) is 2.39. The molecule has 1 rings (SSSR count). The van der Waals surface area contributed by atoms with Crippen molar-refractivity contribution < 1.29 is 19.4 Å². The first-order chi connectivity index (χ1) is 8.49. The maximum atomic E-state index is 11.2. The zero-order chi connectivity index (χ0) is 13.7. The number of esters is 1. The average molecular weight is 318 g/mol. The summed E-state index contributed by atoms with van der Waals surface area (Å²) in [4.78, 5) is 11.2. The number of rotatable bonds is 5. The van der Waals surface area contributed by atoms with Crippen LogP contribution < -0.4 is 10.5 Å². The molecule has 0 aromatic heterocycles. The van der Waals surface area contributed by atoms with Crippen molar-refractivity contribution in [1.29, 1.82) is 0 Å². The van der Waals surface area contributed by atoms with E-state index in [1.807, 2.05) is 6.92 Å². The van der Waals surface area contributed by atoms with Crippen LogP contribution in [0, 0.1) is 0 Å². The maximum absolute atomic E-state index is 11.2. The minimum absolute atomic E-state index is 0.0193. The Labute approximate surface area is 114 Å². The Morgan fingerprint density at radius 1 is 1.56 bits per heavy atom. The van der Waals surface area contributed by atoms with Gasteiger partial charge in [0.25, 0.3) is 0 Å². The van der Waals surface area contributed by atoms with E-state index in [-0.39, 0.29) is 18.1 Å². The maximum Gasteiger partial charge on any atom is 0.307 e. The summed E-state index contributed by atoms with van der Waals surface area (Å²) in [5, 5.41) is 9.76. The van der Waals surface area contributed by atoms with Crippen LogP contribution in [0.4, 0.5) is 0 Å². The molecule has 0 heterocycles. The molecule has 18 heavy (non-hydrogen) atoms. The van der Waals surface area contributed by atoms with Crippen molar-refractivity contribution in [2.24, 2.45) is 5.73 Å². The Bertz CT molecular complexity index is 436.